The summed E-state index contributed by atoms with van der Waals surface area (Å²) >= 11 is 0. The summed E-state index contributed by atoms with van der Waals surface area (Å²) in [5.74, 6) is 1.02. The van der Waals surface area contributed by atoms with Gasteiger partial charge in [-0.25, -0.2) is 0 Å². The van der Waals surface area contributed by atoms with Crippen molar-refractivity contribution in [2.75, 3.05) is 0 Å². The van der Waals surface area contributed by atoms with Gasteiger partial charge in [-0.2, -0.15) is 0 Å². The second-order valence-corrected chi connectivity index (χ2v) is 7.54. The molecule has 126 valence electrons. The first kappa shape index (κ1) is 19.2. The molecule has 0 radical (unpaired) electrons. The maximum absolute atomic E-state index is 10.5. The molecule has 0 fully saturated rings. The molecule has 3 atom stereocenters. The molecule has 2 N–H and O–H groups in total. The Morgan fingerprint density at radius 1 is 1.23 bits per heavy atom. The first-order valence-corrected chi connectivity index (χ1v) is 8.62. The minimum Gasteiger partial charge on any atom is -0.389 e. The highest BCUT2D eigenvalue weighted by Gasteiger charge is 2.18. The number of aliphatic hydroxyl groups is 2. The van der Waals surface area contributed by atoms with Crippen LogP contribution < -0.4 is 0 Å². The Balaban J connectivity index is 2.95. The highest BCUT2D eigenvalue weighted by molar-refractivity contribution is 5.10. The molecular weight excluding hydrogens is 272 g/mol. The second-order valence-electron chi connectivity index (χ2n) is 7.54. The molecule has 0 aromatic heterocycles. The Hall–Kier alpha value is -0.860. The van der Waals surface area contributed by atoms with Gasteiger partial charge in [0.2, 0.25) is 0 Å². The predicted octanol–water partition coefficient (Wildman–Crippen LogP) is 4.78. The van der Waals surface area contributed by atoms with Gasteiger partial charge in [0.05, 0.1) is 11.7 Å². The van der Waals surface area contributed by atoms with Crippen LogP contribution in [0.25, 0.3) is 0 Å². The smallest absolute Gasteiger partial charge is 0.0802 e. The topological polar surface area (TPSA) is 40.5 Å². The van der Waals surface area contributed by atoms with E-state index in [1.807, 2.05) is 19.1 Å². The molecule has 0 aromatic carbocycles. The van der Waals surface area contributed by atoms with Crippen molar-refractivity contribution in [1.29, 1.82) is 0 Å². The summed E-state index contributed by atoms with van der Waals surface area (Å²) in [5.41, 5.74) is 1.69. The Labute approximate surface area is 136 Å². The van der Waals surface area contributed by atoms with E-state index in [0.717, 1.165) is 25.7 Å². The average Bonchev–Trinajstić information content (AvgIpc) is 2.36. The third kappa shape index (κ3) is 7.42. The number of hydrogen-bond donors (Lipinski definition) is 2. The number of allylic oxidation sites excluding steroid dienone is 3. The van der Waals surface area contributed by atoms with Crippen LogP contribution in [-0.4, -0.2) is 21.9 Å². The molecule has 1 rings (SSSR count). The summed E-state index contributed by atoms with van der Waals surface area (Å²) in [7, 11) is 0. The zero-order valence-electron chi connectivity index (χ0n) is 15.0. The normalized spacial score (nSPS) is 38.5. The van der Waals surface area contributed by atoms with Crippen LogP contribution >= 0.6 is 0 Å². The first-order valence-electron chi connectivity index (χ1n) is 8.62. The van der Waals surface area contributed by atoms with Crippen LogP contribution in [0, 0.1) is 11.8 Å². The molecule has 0 heterocycles. The zero-order chi connectivity index (χ0) is 16.8. The molecule has 0 aromatic rings. The maximum Gasteiger partial charge on any atom is 0.0802 e. The maximum atomic E-state index is 10.5. The van der Waals surface area contributed by atoms with E-state index in [2.05, 4.69) is 39.8 Å². The van der Waals surface area contributed by atoms with Crippen molar-refractivity contribution >= 4 is 0 Å². The molecule has 0 bridgehead atoms. The highest BCUT2D eigenvalue weighted by Crippen LogP contribution is 2.25. The van der Waals surface area contributed by atoms with Crippen LogP contribution in [0.3, 0.4) is 0 Å². The Morgan fingerprint density at radius 3 is 2.55 bits per heavy atom. The molecule has 2 nitrogen and oxygen atoms in total. The van der Waals surface area contributed by atoms with Gasteiger partial charge in [0, 0.05) is 0 Å². The van der Waals surface area contributed by atoms with Crippen molar-refractivity contribution in [2.45, 2.75) is 78.4 Å². The molecule has 2 heteroatoms. The lowest BCUT2D eigenvalue weighted by Crippen LogP contribution is -2.21. The summed E-state index contributed by atoms with van der Waals surface area (Å²) < 4.78 is 0. The molecule has 0 spiro atoms. The van der Waals surface area contributed by atoms with Crippen LogP contribution in [0.5, 0.6) is 0 Å². The van der Waals surface area contributed by atoms with Crippen molar-refractivity contribution in [1.82, 2.24) is 0 Å². The monoisotopic (exact) mass is 306 g/mol. The number of rotatable bonds is 1. The summed E-state index contributed by atoms with van der Waals surface area (Å²) in [6, 6.07) is 0. The van der Waals surface area contributed by atoms with Gasteiger partial charge in [-0.05, 0) is 64.7 Å². The Bertz CT molecular complexity index is 427. The molecule has 22 heavy (non-hydrogen) atoms. The summed E-state index contributed by atoms with van der Waals surface area (Å²) in [5, 5.41) is 20.7. The van der Waals surface area contributed by atoms with Crippen molar-refractivity contribution in [3.8, 4) is 0 Å². The average molecular weight is 306 g/mol. The first-order chi connectivity index (χ1) is 10.2. The van der Waals surface area contributed by atoms with Crippen LogP contribution in [0.15, 0.2) is 35.5 Å². The van der Waals surface area contributed by atoms with E-state index in [9.17, 15) is 10.2 Å². The standard InChI is InChI=1S/C20H34O2/c1-15(2)18-9-8-17(4)14-19(21)13-16(3)7-6-11-20(5,22)12-10-18/h7,10,12,14-15,18-19,21-22H,6,8-9,11,13H2,1-5H3/b12-10-,16-7+,17-14+/t18-,19+,20-/m1/s1. The van der Waals surface area contributed by atoms with Gasteiger partial charge in [0.15, 0.2) is 0 Å². The van der Waals surface area contributed by atoms with Gasteiger partial charge < -0.3 is 10.2 Å². The Kier molecular flexibility index (Phi) is 7.58. The van der Waals surface area contributed by atoms with E-state index >= 15 is 0 Å². The quantitative estimate of drug-likeness (QED) is 0.684. The van der Waals surface area contributed by atoms with Crippen LogP contribution in [0.1, 0.15) is 66.7 Å². The molecule has 0 saturated heterocycles. The fourth-order valence-corrected chi connectivity index (χ4v) is 2.96. The van der Waals surface area contributed by atoms with Gasteiger partial charge in [0.1, 0.15) is 0 Å². The van der Waals surface area contributed by atoms with Gasteiger partial charge in [0.25, 0.3) is 0 Å². The van der Waals surface area contributed by atoms with Crippen molar-refractivity contribution in [3.63, 3.8) is 0 Å². The van der Waals surface area contributed by atoms with Crippen LogP contribution in [0.2, 0.25) is 0 Å². The largest absolute Gasteiger partial charge is 0.389 e. The van der Waals surface area contributed by atoms with Gasteiger partial charge in [-0.1, -0.05) is 49.3 Å². The fourth-order valence-electron chi connectivity index (χ4n) is 2.96. The van der Waals surface area contributed by atoms with Gasteiger partial charge in [-0.3, -0.25) is 0 Å². The number of aliphatic hydroxyl groups excluding tert-OH is 1. The highest BCUT2D eigenvalue weighted by atomic mass is 16.3. The van der Waals surface area contributed by atoms with Crippen LogP contribution in [0.4, 0.5) is 0 Å². The van der Waals surface area contributed by atoms with E-state index in [0.29, 0.717) is 18.3 Å². The van der Waals surface area contributed by atoms with Gasteiger partial charge in [-0.15, -0.1) is 0 Å². The molecule has 1 aliphatic rings. The molecule has 0 saturated carbocycles. The number of hydrogen-bond acceptors (Lipinski definition) is 2. The second kappa shape index (κ2) is 8.69. The van der Waals surface area contributed by atoms with E-state index in [4.69, 9.17) is 0 Å². The van der Waals surface area contributed by atoms with E-state index < -0.39 is 11.7 Å². The minimum atomic E-state index is -0.752. The molecule has 0 amide bonds. The summed E-state index contributed by atoms with van der Waals surface area (Å²) in [6.07, 6.45) is 12.2. The van der Waals surface area contributed by atoms with E-state index in [1.165, 1.54) is 11.1 Å². The Morgan fingerprint density at radius 2 is 1.91 bits per heavy atom. The van der Waals surface area contributed by atoms with Crippen LogP contribution in [-0.2, 0) is 0 Å². The summed E-state index contributed by atoms with van der Waals surface area (Å²) in [6.45, 7) is 10.5. The van der Waals surface area contributed by atoms with E-state index in [-0.39, 0.29) is 0 Å². The SMILES string of the molecule is C/C1=C\[C@@H](O)C/C(C)=C/CC[C@@](C)(O)/C=C\[C@H](C(C)C)CC1. The minimum absolute atomic E-state index is 0.396. The molecule has 1 aliphatic carbocycles. The summed E-state index contributed by atoms with van der Waals surface area (Å²) in [4.78, 5) is 0. The van der Waals surface area contributed by atoms with Crippen molar-refractivity contribution in [2.24, 2.45) is 11.8 Å². The lowest BCUT2D eigenvalue weighted by atomic mass is 9.87. The predicted molar refractivity (Wildman–Crippen MR) is 94.7 cm³/mol. The van der Waals surface area contributed by atoms with E-state index in [1.54, 1.807) is 0 Å². The third-order valence-electron chi connectivity index (χ3n) is 4.58. The molecule has 0 unspecified atom stereocenters. The molecule has 0 aliphatic heterocycles. The third-order valence-corrected chi connectivity index (χ3v) is 4.58. The van der Waals surface area contributed by atoms with Gasteiger partial charge >= 0.3 is 0 Å². The molecular formula is C20H34O2. The van der Waals surface area contributed by atoms with Crippen molar-refractivity contribution < 1.29 is 10.2 Å². The zero-order valence-corrected chi connectivity index (χ0v) is 15.0. The fraction of sp³-hybridized carbons (Fsp3) is 0.700. The van der Waals surface area contributed by atoms with Crippen molar-refractivity contribution in [3.05, 3.63) is 35.5 Å². The lowest BCUT2D eigenvalue weighted by Gasteiger charge is -2.22. The lowest BCUT2D eigenvalue weighted by molar-refractivity contribution is 0.102.